The quantitative estimate of drug-likeness (QED) is 0.792. The summed E-state index contributed by atoms with van der Waals surface area (Å²) >= 11 is 0. The maximum absolute atomic E-state index is 11.1. The van der Waals surface area contributed by atoms with Gasteiger partial charge in [0.1, 0.15) is 5.69 Å². The van der Waals surface area contributed by atoms with E-state index in [0.717, 1.165) is 38.2 Å². The van der Waals surface area contributed by atoms with E-state index in [1.54, 1.807) is 6.92 Å². The summed E-state index contributed by atoms with van der Waals surface area (Å²) in [4.78, 5) is 13.6. The molecular formula is C12H19N3O. The zero-order chi connectivity index (χ0) is 11.5. The summed E-state index contributed by atoms with van der Waals surface area (Å²) in [6, 6.07) is 1.91. The average molecular weight is 221 g/mol. The maximum Gasteiger partial charge on any atom is 0.179 e. The van der Waals surface area contributed by atoms with Gasteiger partial charge in [-0.25, -0.2) is 0 Å². The Bertz CT molecular complexity index is 364. The van der Waals surface area contributed by atoms with Crippen molar-refractivity contribution in [2.45, 2.75) is 32.6 Å². The largest absolute Gasteiger partial charge is 0.304 e. The second-order valence-corrected chi connectivity index (χ2v) is 4.47. The third-order valence-electron chi connectivity index (χ3n) is 3.43. The number of Topliss-reactive ketones (excluding diaryl/α,β-unsaturated/α-hetero) is 1. The number of aromatic nitrogens is 2. The molecular weight excluding hydrogens is 202 g/mol. The molecule has 1 aromatic rings. The Hall–Kier alpha value is -1.16. The van der Waals surface area contributed by atoms with E-state index in [0.29, 0.717) is 11.6 Å². The van der Waals surface area contributed by atoms with Gasteiger partial charge in [-0.3, -0.25) is 9.89 Å². The number of H-pyrrole nitrogens is 1. The van der Waals surface area contributed by atoms with Gasteiger partial charge in [0.2, 0.25) is 0 Å². The first kappa shape index (κ1) is 11.3. The number of nitrogens with one attached hydrogen (secondary N) is 1. The fourth-order valence-corrected chi connectivity index (χ4v) is 2.29. The molecule has 1 fully saturated rings. The minimum atomic E-state index is 0.0356. The van der Waals surface area contributed by atoms with Gasteiger partial charge in [-0.15, -0.1) is 0 Å². The van der Waals surface area contributed by atoms with E-state index < -0.39 is 0 Å². The molecule has 16 heavy (non-hydrogen) atoms. The summed E-state index contributed by atoms with van der Waals surface area (Å²) < 4.78 is 0. The Kier molecular flexibility index (Phi) is 3.39. The van der Waals surface area contributed by atoms with Gasteiger partial charge in [-0.05, 0) is 38.5 Å². The number of piperidine rings is 1. The van der Waals surface area contributed by atoms with Gasteiger partial charge in [0, 0.05) is 18.5 Å². The maximum atomic E-state index is 11.1. The molecule has 2 heterocycles. The second kappa shape index (κ2) is 4.78. The Morgan fingerprint density at radius 1 is 1.56 bits per heavy atom. The molecule has 88 valence electrons. The van der Waals surface area contributed by atoms with E-state index in [9.17, 15) is 4.79 Å². The van der Waals surface area contributed by atoms with Gasteiger partial charge in [0.25, 0.3) is 0 Å². The lowest BCUT2D eigenvalue weighted by Crippen LogP contribution is -2.32. The molecule has 4 heteroatoms. The average Bonchev–Trinajstić information content (AvgIpc) is 2.78. The van der Waals surface area contributed by atoms with Crippen LogP contribution in [0.2, 0.25) is 0 Å². The molecule has 0 amide bonds. The highest BCUT2D eigenvalue weighted by molar-refractivity contribution is 5.92. The molecule has 0 aromatic carbocycles. The summed E-state index contributed by atoms with van der Waals surface area (Å²) in [7, 11) is 0. The Balaban J connectivity index is 2.00. The monoisotopic (exact) mass is 221 g/mol. The lowest BCUT2D eigenvalue weighted by atomic mass is 9.93. The van der Waals surface area contributed by atoms with Gasteiger partial charge in [-0.1, -0.05) is 6.92 Å². The number of nitrogens with zero attached hydrogens (tertiary/aromatic N) is 2. The van der Waals surface area contributed by atoms with Crippen LogP contribution in [0.4, 0.5) is 0 Å². The number of carbonyl (C=O) groups is 1. The first-order valence-electron chi connectivity index (χ1n) is 5.99. The van der Waals surface area contributed by atoms with E-state index in [-0.39, 0.29) is 5.78 Å². The molecule has 0 aliphatic carbocycles. The van der Waals surface area contributed by atoms with Crippen LogP contribution in [0.3, 0.4) is 0 Å². The van der Waals surface area contributed by atoms with Gasteiger partial charge in [0.15, 0.2) is 5.78 Å². The molecule has 0 saturated carbocycles. The van der Waals surface area contributed by atoms with Gasteiger partial charge in [0.05, 0.1) is 0 Å². The van der Waals surface area contributed by atoms with Crippen LogP contribution < -0.4 is 0 Å². The van der Waals surface area contributed by atoms with E-state index in [1.807, 2.05) is 6.07 Å². The highest BCUT2D eigenvalue weighted by atomic mass is 16.1. The van der Waals surface area contributed by atoms with Crippen molar-refractivity contribution < 1.29 is 4.79 Å². The highest BCUT2D eigenvalue weighted by Gasteiger charge is 2.21. The SMILES string of the molecule is CCN1CCC(c2cc(C(C)=O)n[nH]2)CC1. The van der Waals surface area contributed by atoms with Gasteiger partial charge < -0.3 is 4.90 Å². The minimum Gasteiger partial charge on any atom is -0.304 e. The number of hydrogen-bond acceptors (Lipinski definition) is 3. The van der Waals surface area contributed by atoms with Gasteiger partial charge >= 0.3 is 0 Å². The molecule has 1 aliphatic rings. The number of likely N-dealkylation sites (tertiary alicyclic amines) is 1. The van der Waals surface area contributed by atoms with Crippen LogP contribution in [0.5, 0.6) is 0 Å². The second-order valence-electron chi connectivity index (χ2n) is 4.47. The molecule has 0 unspecified atom stereocenters. The number of carbonyl (C=O) groups excluding carboxylic acids is 1. The smallest absolute Gasteiger partial charge is 0.179 e. The summed E-state index contributed by atoms with van der Waals surface area (Å²) in [5.74, 6) is 0.580. The summed E-state index contributed by atoms with van der Waals surface area (Å²) in [6.45, 7) is 7.18. The van der Waals surface area contributed by atoms with Crippen molar-refractivity contribution in [2.24, 2.45) is 0 Å². The van der Waals surface area contributed by atoms with Crippen molar-refractivity contribution in [1.29, 1.82) is 0 Å². The fraction of sp³-hybridized carbons (Fsp3) is 0.667. The van der Waals surface area contributed by atoms with Crippen molar-refractivity contribution in [3.05, 3.63) is 17.5 Å². The number of ketones is 1. The predicted molar refractivity (Wildman–Crippen MR) is 62.7 cm³/mol. The van der Waals surface area contributed by atoms with E-state index in [4.69, 9.17) is 0 Å². The summed E-state index contributed by atoms with van der Waals surface area (Å²) in [5, 5.41) is 7.04. The Morgan fingerprint density at radius 2 is 2.25 bits per heavy atom. The van der Waals surface area contributed by atoms with Crippen molar-refractivity contribution in [3.63, 3.8) is 0 Å². The standard InChI is InChI=1S/C12H19N3O/c1-3-15-6-4-10(5-7-15)12-8-11(9(2)16)13-14-12/h8,10H,3-7H2,1-2H3,(H,13,14). The van der Waals surface area contributed by atoms with Crippen LogP contribution in [0.25, 0.3) is 0 Å². The topological polar surface area (TPSA) is 49.0 Å². The number of rotatable bonds is 3. The molecule has 0 atom stereocenters. The minimum absolute atomic E-state index is 0.0356. The Labute approximate surface area is 96.0 Å². The fourth-order valence-electron chi connectivity index (χ4n) is 2.29. The van der Waals surface area contributed by atoms with Crippen molar-refractivity contribution >= 4 is 5.78 Å². The van der Waals surface area contributed by atoms with E-state index in [2.05, 4.69) is 22.0 Å². The normalized spacial score (nSPS) is 18.9. The molecule has 1 N–H and O–H groups in total. The van der Waals surface area contributed by atoms with Crippen molar-refractivity contribution in [2.75, 3.05) is 19.6 Å². The first-order chi connectivity index (χ1) is 7.70. The molecule has 1 aliphatic heterocycles. The van der Waals surface area contributed by atoms with Crippen molar-refractivity contribution in [1.82, 2.24) is 15.1 Å². The van der Waals surface area contributed by atoms with Crippen LogP contribution in [0.1, 0.15) is 48.8 Å². The summed E-state index contributed by atoms with van der Waals surface area (Å²) in [5.41, 5.74) is 1.69. The number of hydrogen-bond donors (Lipinski definition) is 1. The number of aromatic amines is 1. The molecule has 1 saturated heterocycles. The zero-order valence-electron chi connectivity index (χ0n) is 9.99. The molecule has 1 aromatic heterocycles. The van der Waals surface area contributed by atoms with Gasteiger partial charge in [-0.2, -0.15) is 5.10 Å². The van der Waals surface area contributed by atoms with E-state index in [1.165, 1.54) is 0 Å². The van der Waals surface area contributed by atoms with Crippen LogP contribution in [0, 0.1) is 0 Å². The lowest BCUT2D eigenvalue weighted by Gasteiger charge is -2.30. The summed E-state index contributed by atoms with van der Waals surface area (Å²) in [6.07, 6.45) is 2.32. The molecule has 0 bridgehead atoms. The first-order valence-corrected chi connectivity index (χ1v) is 5.99. The van der Waals surface area contributed by atoms with Crippen LogP contribution in [0.15, 0.2) is 6.07 Å². The van der Waals surface area contributed by atoms with Crippen LogP contribution in [-0.2, 0) is 0 Å². The highest BCUT2D eigenvalue weighted by Crippen LogP contribution is 2.26. The van der Waals surface area contributed by atoms with Crippen LogP contribution >= 0.6 is 0 Å². The molecule has 2 rings (SSSR count). The predicted octanol–water partition coefficient (Wildman–Crippen LogP) is 1.81. The third-order valence-corrected chi connectivity index (χ3v) is 3.43. The third kappa shape index (κ3) is 2.32. The molecule has 0 radical (unpaired) electrons. The Morgan fingerprint density at radius 3 is 2.75 bits per heavy atom. The van der Waals surface area contributed by atoms with Crippen molar-refractivity contribution in [3.8, 4) is 0 Å². The van der Waals surface area contributed by atoms with E-state index >= 15 is 0 Å². The van der Waals surface area contributed by atoms with Crippen LogP contribution in [-0.4, -0.2) is 40.5 Å². The zero-order valence-corrected chi connectivity index (χ0v) is 9.99. The lowest BCUT2D eigenvalue weighted by molar-refractivity contribution is 0.101. The molecule has 0 spiro atoms. The molecule has 4 nitrogen and oxygen atoms in total.